The summed E-state index contributed by atoms with van der Waals surface area (Å²) in [5.74, 6) is 0. The molecule has 0 aliphatic carbocycles. The van der Waals surface area contributed by atoms with Crippen LogP contribution in [0.3, 0.4) is 0 Å². The van der Waals surface area contributed by atoms with Gasteiger partial charge in [0.15, 0.2) is 6.17 Å². The van der Waals surface area contributed by atoms with Crippen molar-refractivity contribution in [3.05, 3.63) is 51.8 Å². The summed E-state index contributed by atoms with van der Waals surface area (Å²) in [6.45, 7) is 1.67. The van der Waals surface area contributed by atoms with Gasteiger partial charge < -0.3 is 0 Å². The van der Waals surface area contributed by atoms with Gasteiger partial charge >= 0.3 is 0 Å². The maximum absolute atomic E-state index is 10.9. The molecule has 7 nitrogen and oxygen atoms in total. The summed E-state index contributed by atoms with van der Waals surface area (Å²) in [5, 5.41) is 29.0. The van der Waals surface area contributed by atoms with E-state index < -0.39 is 11.1 Å². The molecule has 1 N–H and O–H groups in total. The van der Waals surface area contributed by atoms with E-state index in [0.717, 1.165) is 5.06 Å². The minimum atomic E-state index is -0.875. The molecule has 1 aromatic rings. The lowest BCUT2D eigenvalue weighted by Gasteiger charge is -2.23. The summed E-state index contributed by atoms with van der Waals surface area (Å²) in [7, 11) is 0. The minimum Gasteiger partial charge on any atom is -0.286 e. The summed E-state index contributed by atoms with van der Waals surface area (Å²) in [5.41, 5.74) is 0.735. The van der Waals surface area contributed by atoms with Crippen LogP contribution in [-0.4, -0.2) is 15.2 Å². The molecule has 2 rings (SSSR count). The molecule has 0 radical (unpaired) electrons. The zero-order valence-corrected chi connectivity index (χ0v) is 9.02. The van der Waals surface area contributed by atoms with Crippen molar-refractivity contribution in [2.24, 2.45) is 10.2 Å². The molecule has 0 fully saturated rings. The summed E-state index contributed by atoms with van der Waals surface area (Å²) < 4.78 is 0. The maximum atomic E-state index is 10.9. The van der Waals surface area contributed by atoms with Gasteiger partial charge in [0.05, 0.1) is 22.4 Å². The van der Waals surface area contributed by atoms with Crippen molar-refractivity contribution < 1.29 is 10.1 Å². The first kappa shape index (κ1) is 11.2. The first-order chi connectivity index (χ1) is 8.09. The third-order valence-electron chi connectivity index (χ3n) is 2.31. The Balaban J connectivity index is 2.42. The van der Waals surface area contributed by atoms with E-state index in [1.54, 1.807) is 25.1 Å². The van der Waals surface area contributed by atoms with Crippen molar-refractivity contribution in [2.45, 2.75) is 13.1 Å². The van der Waals surface area contributed by atoms with Gasteiger partial charge in [-0.05, 0) is 13.0 Å². The lowest BCUT2D eigenvalue weighted by atomic mass is 10.1. The van der Waals surface area contributed by atoms with Gasteiger partial charge in [0.25, 0.3) is 5.69 Å². The van der Waals surface area contributed by atoms with Crippen molar-refractivity contribution in [3.8, 4) is 0 Å². The van der Waals surface area contributed by atoms with E-state index in [0.29, 0.717) is 11.3 Å². The average Bonchev–Trinajstić information content (AvgIpc) is 2.29. The van der Waals surface area contributed by atoms with Gasteiger partial charge in [0, 0.05) is 6.07 Å². The molecule has 0 amide bonds. The number of para-hydroxylation sites is 1. The fourth-order valence-corrected chi connectivity index (χ4v) is 1.56. The van der Waals surface area contributed by atoms with E-state index in [1.165, 1.54) is 12.3 Å². The summed E-state index contributed by atoms with van der Waals surface area (Å²) in [6, 6.07) is 6.12. The molecule has 1 atom stereocenters. The molecular weight excluding hydrogens is 224 g/mol. The number of hydroxylamine groups is 2. The van der Waals surface area contributed by atoms with Crippen LogP contribution in [0, 0.1) is 10.1 Å². The van der Waals surface area contributed by atoms with Crippen LogP contribution in [0.1, 0.15) is 18.7 Å². The highest BCUT2D eigenvalue weighted by Gasteiger charge is 2.26. The Morgan fingerprint density at radius 2 is 2.18 bits per heavy atom. The number of hydrogen-bond acceptors (Lipinski definition) is 6. The van der Waals surface area contributed by atoms with E-state index in [2.05, 4.69) is 10.2 Å². The van der Waals surface area contributed by atoms with Crippen LogP contribution in [0.4, 0.5) is 5.69 Å². The number of nitrogens with zero attached hydrogens (tertiary/aromatic N) is 4. The van der Waals surface area contributed by atoms with Gasteiger partial charge in [0.1, 0.15) is 0 Å². The van der Waals surface area contributed by atoms with Crippen LogP contribution in [-0.2, 0) is 0 Å². The van der Waals surface area contributed by atoms with Gasteiger partial charge in [0.2, 0.25) is 0 Å². The highest BCUT2D eigenvalue weighted by molar-refractivity contribution is 5.42. The Hall–Kier alpha value is -2.28. The molecule has 0 saturated heterocycles. The SMILES string of the molecule is CC1=CN(O)C(c2ccccc2[N+](=O)[O-])N=N1. The van der Waals surface area contributed by atoms with Crippen LogP contribution in [0.2, 0.25) is 0 Å². The Morgan fingerprint density at radius 1 is 1.47 bits per heavy atom. The number of benzene rings is 1. The quantitative estimate of drug-likeness (QED) is 0.628. The Bertz CT molecular complexity index is 512. The first-order valence-electron chi connectivity index (χ1n) is 4.89. The van der Waals surface area contributed by atoms with E-state index in [9.17, 15) is 15.3 Å². The van der Waals surface area contributed by atoms with Crippen molar-refractivity contribution in [2.75, 3.05) is 0 Å². The molecule has 1 heterocycles. The van der Waals surface area contributed by atoms with Crippen LogP contribution < -0.4 is 0 Å². The van der Waals surface area contributed by atoms with Crippen LogP contribution in [0.5, 0.6) is 0 Å². The number of rotatable bonds is 2. The number of nitro groups is 1. The molecule has 1 aliphatic rings. The molecule has 0 bridgehead atoms. The number of hydrogen-bond donors (Lipinski definition) is 1. The second kappa shape index (κ2) is 4.30. The fourth-order valence-electron chi connectivity index (χ4n) is 1.56. The maximum Gasteiger partial charge on any atom is 0.276 e. The Morgan fingerprint density at radius 3 is 2.82 bits per heavy atom. The van der Waals surface area contributed by atoms with E-state index in [-0.39, 0.29) is 5.69 Å². The van der Waals surface area contributed by atoms with Gasteiger partial charge in [-0.1, -0.05) is 12.1 Å². The smallest absolute Gasteiger partial charge is 0.276 e. The Kier molecular flexibility index (Phi) is 2.84. The molecular formula is C10H10N4O3. The Labute approximate surface area is 96.8 Å². The zero-order chi connectivity index (χ0) is 12.4. The third kappa shape index (κ3) is 2.13. The normalized spacial score (nSPS) is 19.1. The van der Waals surface area contributed by atoms with Crippen molar-refractivity contribution in [1.29, 1.82) is 0 Å². The number of allylic oxidation sites excluding steroid dienone is 1. The van der Waals surface area contributed by atoms with Crippen molar-refractivity contribution in [3.63, 3.8) is 0 Å². The van der Waals surface area contributed by atoms with E-state index >= 15 is 0 Å². The predicted molar refractivity (Wildman–Crippen MR) is 58.1 cm³/mol. The lowest BCUT2D eigenvalue weighted by Crippen LogP contribution is -2.21. The van der Waals surface area contributed by atoms with Crippen LogP contribution in [0.25, 0.3) is 0 Å². The zero-order valence-electron chi connectivity index (χ0n) is 9.02. The van der Waals surface area contributed by atoms with Gasteiger partial charge in [-0.15, -0.1) is 0 Å². The van der Waals surface area contributed by atoms with Crippen LogP contribution >= 0.6 is 0 Å². The van der Waals surface area contributed by atoms with Gasteiger partial charge in [-0.3, -0.25) is 15.3 Å². The summed E-state index contributed by atoms with van der Waals surface area (Å²) in [4.78, 5) is 10.3. The molecule has 88 valence electrons. The topological polar surface area (TPSA) is 91.3 Å². The highest BCUT2D eigenvalue weighted by Crippen LogP contribution is 2.32. The first-order valence-corrected chi connectivity index (χ1v) is 4.89. The third-order valence-corrected chi connectivity index (χ3v) is 2.31. The molecule has 0 aromatic heterocycles. The largest absolute Gasteiger partial charge is 0.286 e. The molecule has 1 aromatic carbocycles. The molecule has 1 unspecified atom stereocenters. The van der Waals surface area contributed by atoms with Crippen molar-refractivity contribution >= 4 is 5.69 Å². The van der Waals surface area contributed by atoms with Crippen LogP contribution in [0.15, 0.2) is 46.4 Å². The average molecular weight is 234 g/mol. The summed E-state index contributed by atoms with van der Waals surface area (Å²) in [6.07, 6.45) is 0.495. The second-order valence-corrected chi connectivity index (χ2v) is 3.56. The molecule has 1 aliphatic heterocycles. The monoisotopic (exact) mass is 234 g/mol. The van der Waals surface area contributed by atoms with E-state index in [1.807, 2.05) is 0 Å². The standard InChI is InChI=1S/C10H10N4O3/c1-7-6-13(15)10(12-11-7)8-4-2-3-5-9(8)14(16)17/h2-6,10,15H,1H3. The van der Waals surface area contributed by atoms with Crippen molar-refractivity contribution in [1.82, 2.24) is 5.06 Å². The van der Waals surface area contributed by atoms with Gasteiger partial charge in [-0.2, -0.15) is 10.2 Å². The van der Waals surface area contributed by atoms with Gasteiger partial charge in [-0.25, -0.2) is 5.06 Å². The molecule has 7 heteroatoms. The number of nitro benzene ring substituents is 1. The highest BCUT2D eigenvalue weighted by atomic mass is 16.6. The predicted octanol–water partition coefficient (Wildman–Crippen LogP) is 2.61. The molecule has 17 heavy (non-hydrogen) atoms. The summed E-state index contributed by atoms with van der Waals surface area (Å²) >= 11 is 0. The minimum absolute atomic E-state index is 0.0940. The molecule has 0 spiro atoms. The van der Waals surface area contributed by atoms with E-state index in [4.69, 9.17) is 0 Å². The molecule has 0 saturated carbocycles. The second-order valence-electron chi connectivity index (χ2n) is 3.56. The number of azo groups is 1. The fraction of sp³-hybridized carbons (Fsp3) is 0.200. The lowest BCUT2D eigenvalue weighted by molar-refractivity contribution is -0.386.